The summed E-state index contributed by atoms with van der Waals surface area (Å²) in [6, 6.07) is 7.31. The fourth-order valence-corrected chi connectivity index (χ4v) is 1.59. The van der Waals surface area contributed by atoms with Gasteiger partial charge in [-0.05, 0) is 31.5 Å². The van der Waals surface area contributed by atoms with Crippen molar-refractivity contribution in [1.29, 1.82) is 0 Å². The van der Waals surface area contributed by atoms with Gasteiger partial charge in [-0.2, -0.15) is 0 Å². The molecule has 0 fully saturated rings. The lowest BCUT2D eigenvalue weighted by Gasteiger charge is -2.24. The van der Waals surface area contributed by atoms with Crippen LogP contribution in [-0.2, 0) is 9.47 Å². The normalized spacial score (nSPS) is 12.8. The Morgan fingerprint density at radius 3 is 2.35 bits per heavy atom. The van der Waals surface area contributed by atoms with Crippen molar-refractivity contribution in [3.8, 4) is 5.75 Å². The van der Waals surface area contributed by atoms with Crippen molar-refractivity contribution >= 4 is 0 Å². The van der Waals surface area contributed by atoms with Crippen LogP contribution in [0.2, 0.25) is 0 Å². The molecule has 0 aliphatic carbocycles. The van der Waals surface area contributed by atoms with Gasteiger partial charge in [0.15, 0.2) is 6.29 Å². The minimum absolute atomic E-state index is 0.315. The molecule has 0 aromatic heterocycles. The van der Waals surface area contributed by atoms with Gasteiger partial charge in [-0.25, -0.2) is 0 Å². The largest absolute Gasteiger partial charge is 0.497 e. The number of benzene rings is 1. The monoisotopic (exact) mass is 239 g/mol. The third-order valence-electron chi connectivity index (χ3n) is 2.43. The number of methoxy groups -OCH3 is 1. The van der Waals surface area contributed by atoms with Crippen LogP contribution in [0.4, 0.5) is 0 Å². The van der Waals surface area contributed by atoms with E-state index in [1.165, 1.54) is 0 Å². The highest BCUT2D eigenvalue weighted by molar-refractivity contribution is 5.30. The fraction of sp³-hybridized carbons (Fsp3) is 0.538. The molecule has 17 heavy (non-hydrogen) atoms. The number of hydrogen-bond acceptors (Lipinski definition) is 4. The molecule has 0 saturated carbocycles. The van der Waals surface area contributed by atoms with E-state index in [1.807, 2.05) is 38.1 Å². The maximum atomic E-state index is 6.13. The molecule has 0 amide bonds. The van der Waals surface area contributed by atoms with E-state index in [0.29, 0.717) is 13.2 Å². The number of nitrogens with two attached hydrogens (primary N) is 1. The zero-order chi connectivity index (χ0) is 12.7. The van der Waals surface area contributed by atoms with Gasteiger partial charge >= 0.3 is 0 Å². The highest BCUT2D eigenvalue weighted by Gasteiger charge is 2.20. The van der Waals surface area contributed by atoms with Gasteiger partial charge in [0.2, 0.25) is 0 Å². The molecular formula is C13H21NO3. The summed E-state index contributed by atoms with van der Waals surface area (Å²) in [4.78, 5) is 0. The molecular weight excluding hydrogens is 218 g/mol. The first kappa shape index (κ1) is 14.0. The molecule has 0 saturated heterocycles. The molecule has 1 unspecified atom stereocenters. The third kappa shape index (κ3) is 4.00. The molecule has 96 valence electrons. The lowest BCUT2D eigenvalue weighted by atomic mass is 10.1. The van der Waals surface area contributed by atoms with Gasteiger partial charge in [-0.1, -0.05) is 12.1 Å². The summed E-state index contributed by atoms with van der Waals surface area (Å²) in [5, 5.41) is 0. The van der Waals surface area contributed by atoms with Gasteiger partial charge in [-0.15, -0.1) is 0 Å². The van der Waals surface area contributed by atoms with Crippen LogP contribution in [-0.4, -0.2) is 26.6 Å². The minimum Gasteiger partial charge on any atom is -0.497 e. The van der Waals surface area contributed by atoms with E-state index < -0.39 is 6.29 Å². The Bertz CT molecular complexity index is 324. The second kappa shape index (κ2) is 7.27. The quantitative estimate of drug-likeness (QED) is 0.740. The maximum absolute atomic E-state index is 6.13. The predicted molar refractivity (Wildman–Crippen MR) is 67.0 cm³/mol. The van der Waals surface area contributed by atoms with E-state index in [4.69, 9.17) is 19.9 Å². The van der Waals surface area contributed by atoms with E-state index in [0.717, 1.165) is 11.3 Å². The lowest BCUT2D eigenvalue weighted by Crippen LogP contribution is -2.31. The van der Waals surface area contributed by atoms with E-state index in [9.17, 15) is 0 Å². The van der Waals surface area contributed by atoms with Crippen molar-refractivity contribution in [1.82, 2.24) is 0 Å². The number of ether oxygens (including phenoxy) is 3. The van der Waals surface area contributed by atoms with Crippen LogP contribution in [0.1, 0.15) is 25.5 Å². The minimum atomic E-state index is -0.419. The van der Waals surface area contributed by atoms with Crippen LogP contribution in [0.3, 0.4) is 0 Å². The predicted octanol–water partition coefficient (Wildman–Crippen LogP) is 2.09. The second-order valence-electron chi connectivity index (χ2n) is 3.58. The van der Waals surface area contributed by atoms with Gasteiger partial charge in [0.1, 0.15) is 5.75 Å². The first-order valence-corrected chi connectivity index (χ1v) is 5.85. The summed E-state index contributed by atoms with van der Waals surface area (Å²) in [5.74, 6) is 0.782. The van der Waals surface area contributed by atoms with Crippen molar-refractivity contribution in [2.24, 2.45) is 5.73 Å². The Balaban J connectivity index is 2.79. The Morgan fingerprint density at radius 2 is 1.82 bits per heavy atom. The Morgan fingerprint density at radius 1 is 1.18 bits per heavy atom. The molecule has 0 aliphatic heterocycles. The van der Waals surface area contributed by atoms with Crippen molar-refractivity contribution in [2.75, 3.05) is 20.3 Å². The zero-order valence-electron chi connectivity index (χ0n) is 10.7. The van der Waals surface area contributed by atoms with E-state index in [1.54, 1.807) is 7.11 Å². The standard InChI is InChI=1S/C13H21NO3/c1-4-16-13(17-5-2)12(14)10-7-6-8-11(9-10)15-3/h6-9,12-13H,4-5,14H2,1-3H3. The third-order valence-corrected chi connectivity index (χ3v) is 2.43. The van der Waals surface area contributed by atoms with Crippen LogP contribution >= 0.6 is 0 Å². The fourth-order valence-electron chi connectivity index (χ4n) is 1.59. The topological polar surface area (TPSA) is 53.7 Å². The van der Waals surface area contributed by atoms with Gasteiger partial charge in [0.05, 0.1) is 13.2 Å². The Kier molecular flexibility index (Phi) is 5.97. The highest BCUT2D eigenvalue weighted by Crippen LogP contribution is 2.22. The summed E-state index contributed by atoms with van der Waals surface area (Å²) in [6.45, 7) is 4.99. The summed E-state index contributed by atoms with van der Waals surface area (Å²) in [6.07, 6.45) is -0.419. The van der Waals surface area contributed by atoms with E-state index >= 15 is 0 Å². The van der Waals surface area contributed by atoms with Crippen molar-refractivity contribution in [3.63, 3.8) is 0 Å². The van der Waals surface area contributed by atoms with Crippen molar-refractivity contribution in [2.45, 2.75) is 26.2 Å². The van der Waals surface area contributed by atoms with Gasteiger partial charge < -0.3 is 19.9 Å². The molecule has 1 aromatic rings. The Labute approximate surface area is 103 Å². The molecule has 0 spiro atoms. The van der Waals surface area contributed by atoms with Crippen LogP contribution in [0.25, 0.3) is 0 Å². The van der Waals surface area contributed by atoms with Gasteiger partial charge in [-0.3, -0.25) is 0 Å². The van der Waals surface area contributed by atoms with E-state index in [-0.39, 0.29) is 6.04 Å². The molecule has 1 atom stereocenters. The maximum Gasteiger partial charge on any atom is 0.176 e. The van der Waals surface area contributed by atoms with Crippen molar-refractivity contribution in [3.05, 3.63) is 29.8 Å². The molecule has 0 bridgehead atoms. The smallest absolute Gasteiger partial charge is 0.176 e. The first-order chi connectivity index (χ1) is 8.22. The van der Waals surface area contributed by atoms with Crippen LogP contribution in [0, 0.1) is 0 Å². The molecule has 4 heteroatoms. The number of hydrogen-bond donors (Lipinski definition) is 1. The Hall–Kier alpha value is -1.10. The van der Waals surface area contributed by atoms with Gasteiger partial charge in [0.25, 0.3) is 0 Å². The molecule has 1 aromatic carbocycles. The number of rotatable bonds is 7. The van der Waals surface area contributed by atoms with Gasteiger partial charge in [0, 0.05) is 13.2 Å². The van der Waals surface area contributed by atoms with E-state index in [2.05, 4.69) is 0 Å². The molecule has 0 radical (unpaired) electrons. The SMILES string of the molecule is CCOC(OCC)C(N)c1cccc(OC)c1. The molecule has 2 N–H and O–H groups in total. The summed E-state index contributed by atoms with van der Waals surface area (Å²) < 4.78 is 16.1. The average Bonchev–Trinajstić information content (AvgIpc) is 2.38. The van der Waals surface area contributed by atoms with Crippen molar-refractivity contribution < 1.29 is 14.2 Å². The highest BCUT2D eigenvalue weighted by atomic mass is 16.7. The molecule has 4 nitrogen and oxygen atoms in total. The summed E-state index contributed by atoms with van der Waals surface area (Å²) in [5.41, 5.74) is 7.07. The molecule has 1 rings (SSSR count). The van der Waals surface area contributed by atoms with Crippen LogP contribution in [0.5, 0.6) is 5.75 Å². The second-order valence-corrected chi connectivity index (χ2v) is 3.58. The summed E-state index contributed by atoms with van der Waals surface area (Å²) in [7, 11) is 1.63. The lowest BCUT2D eigenvalue weighted by molar-refractivity contribution is -0.149. The van der Waals surface area contributed by atoms with Crippen LogP contribution < -0.4 is 10.5 Å². The summed E-state index contributed by atoms with van der Waals surface area (Å²) >= 11 is 0. The molecule has 0 heterocycles. The molecule has 0 aliphatic rings. The first-order valence-electron chi connectivity index (χ1n) is 5.85. The zero-order valence-corrected chi connectivity index (χ0v) is 10.7. The average molecular weight is 239 g/mol. The van der Waals surface area contributed by atoms with Crippen LogP contribution in [0.15, 0.2) is 24.3 Å².